The Labute approximate surface area is 127 Å². The van der Waals surface area contributed by atoms with Crippen molar-refractivity contribution in [3.8, 4) is 5.75 Å². The molecule has 2 rings (SSSR count). The van der Waals surface area contributed by atoms with Gasteiger partial charge in [0.2, 0.25) is 10.0 Å². The fourth-order valence-corrected chi connectivity index (χ4v) is 4.40. The van der Waals surface area contributed by atoms with Crippen LogP contribution in [0, 0.1) is 0 Å². The van der Waals surface area contributed by atoms with Crippen molar-refractivity contribution < 1.29 is 13.2 Å². The molecular formula is C16H25NO3S. The van der Waals surface area contributed by atoms with E-state index in [2.05, 4.69) is 16.9 Å². The first-order valence-electron chi connectivity index (χ1n) is 7.73. The van der Waals surface area contributed by atoms with Gasteiger partial charge in [-0.15, -0.1) is 0 Å². The second-order valence-electron chi connectivity index (χ2n) is 5.65. The van der Waals surface area contributed by atoms with E-state index in [9.17, 15) is 8.42 Å². The standard InChI is InChI=1S/C16H25NO3S/c1-20-15-11-9-14(10-12-15)6-4-5-13-17-21(18,19)16-7-2-3-8-16/h9-12,16-17H,2-8,13H2,1H3. The summed E-state index contributed by atoms with van der Waals surface area (Å²) in [6.45, 7) is 0.551. The molecule has 1 N–H and O–H groups in total. The molecule has 21 heavy (non-hydrogen) atoms. The summed E-state index contributed by atoms with van der Waals surface area (Å²) in [5.74, 6) is 0.864. The lowest BCUT2D eigenvalue weighted by molar-refractivity contribution is 0.414. The molecule has 0 radical (unpaired) electrons. The maximum Gasteiger partial charge on any atom is 0.214 e. The Morgan fingerprint density at radius 3 is 2.43 bits per heavy atom. The molecule has 1 aromatic rings. The summed E-state index contributed by atoms with van der Waals surface area (Å²) >= 11 is 0. The van der Waals surface area contributed by atoms with E-state index in [4.69, 9.17) is 4.74 Å². The zero-order valence-electron chi connectivity index (χ0n) is 12.7. The zero-order valence-corrected chi connectivity index (χ0v) is 13.5. The van der Waals surface area contributed by atoms with E-state index in [-0.39, 0.29) is 5.25 Å². The molecule has 0 aromatic heterocycles. The van der Waals surface area contributed by atoms with Crippen LogP contribution in [-0.2, 0) is 16.4 Å². The molecule has 0 atom stereocenters. The van der Waals surface area contributed by atoms with Crippen molar-refractivity contribution in [2.24, 2.45) is 0 Å². The van der Waals surface area contributed by atoms with Gasteiger partial charge in [-0.1, -0.05) is 25.0 Å². The van der Waals surface area contributed by atoms with Crippen LogP contribution < -0.4 is 9.46 Å². The first kappa shape index (κ1) is 16.3. The van der Waals surface area contributed by atoms with Gasteiger partial charge >= 0.3 is 0 Å². The summed E-state index contributed by atoms with van der Waals surface area (Å²) in [5.41, 5.74) is 1.26. The number of rotatable bonds is 8. The van der Waals surface area contributed by atoms with E-state index in [1.807, 2.05) is 12.1 Å². The van der Waals surface area contributed by atoms with Gasteiger partial charge in [0.1, 0.15) is 5.75 Å². The summed E-state index contributed by atoms with van der Waals surface area (Å²) in [6, 6.07) is 8.03. The van der Waals surface area contributed by atoms with Gasteiger partial charge in [0.25, 0.3) is 0 Å². The smallest absolute Gasteiger partial charge is 0.214 e. The highest BCUT2D eigenvalue weighted by Crippen LogP contribution is 2.23. The van der Waals surface area contributed by atoms with Gasteiger partial charge in [-0.2, -0.15) is 0 Å². The molecule has 118 valence electrons. The molecule has 0 saturated heterocycles. The van der Waals surface area contributed by atoms with Crippen LogP contribution >= 0.6 is 0 Å². The predicted molar refractivity (Wildman–Crippen MR) is 85.1 cm³/mol. The molecule has 0 aliphatic heterocycles. The minimum Gasteiger partial charge on any atom is -0.497 e. The highest BCUT2D eigenvalue weighted by molar-refractivity contribution is 7.90. The van der Waals surface area contributed by atoms with E-state index in [0.717, 1.165) is 50.7 Å². The summed E-state index contributed by atoms with van der Waals surface area (Å²) in [6.07, 6.45) is 6.56. The SMILES string of the molecule is COc1ccc(CCCCNS(=O)(=O)C2CCCC2)cc1. The minimum atomic E-state index is -3.08. The normalized spacial score (nSPS) is 16.2. The van der Waals surface area contributed by atoms with Gasteiger partial charge in [-0.3, -0.25) is 0 Å². The third-order valence-electron chi connectivity index (χ3n) is 4.10. The fourth-order valence-electron chi connectivity index (χ4n) is 2.78. The summed E-state index contributed by atoms with van der Waals surface area (Å²) in [4.78, 5) is 0. The van der Waals surface area contributed by atoms with Gasteiger partial charge in [-0.05, 0) is 49.8 Å². The number of nitrogens with one attached hydrogen (secondary N) is 1. The van der Waals surface area contributed by atoms with E-state index < -0.39 is 10.0 Å². The van der Waals surface area contributed by atoms with Crippen LogP contribution in [0.25, 0.3) is 0 Å². The maximum absolute atomic E-state index is 12.0. The Morgan fingerprint density at radius 1 is 1.14 bits per heavy atom. The predicted octanol–water partition coefficient (Wildman–Crippen LogP) is 2.88. The van der Waals surface area contributed by atoms with Gasteiger partial charge in [0.05, 0.1) is 12.4 Å². The highest BCUT2D eigenvalue weighted by Gasteiger charge is 2.27. The van der Waals surface area contributed by atoms with Gasteiger partial charge < -0.3 is 4.74 Å². The Bertz CT molecular complexity index is 519. The molecule has 0 unspecified atom stereocenters. The van der Waals surface area contributed by atoms with Crippen molar-refractivity contribution in [2.45, 2.75) is 50.2 Å². The van der Waals surface area contributed by atoms with E-state index in [1.54, 1.807) is 7.11 Å². The number of hydrogen-bond acceptors (Lipinski definition) is 3. The molecule has 1 fully saturated rings. The number of methoxy groups -OCH3 is 1. The largest absolute Gasteiger partial charge is 0.497 e. The van der Waals surface area contributed by atoms with Crippen LogP contribution in [0.1, 0.15) is 44.1 Å². The number of sulfonamides is 1. The molecule has 0 amide bonds. The second-order valence-corrected chi connectivity index (χ2v) is 7.70. The van der Waals surface area contributed by atoms with Gasteiger partial charge in [0.15, 0.2) is 0 Å². The zero-order chi connectivity index (χ0) is 15.1. The molecule has 0 bridgehead atoms. The first-order valence-corrected chi connectivity index (χ1v) is 9.28. The van der Waals surface area contributed by atoms with Crippen LogP contribution in [0.2, 0.25) is 0 Å². The van der Waals surface area contributed by atoms with Crippen molar-refractivity contribution in [3.05, 3.63) is 29.8 Å². The third kappa shape index (κ3) is 5.00. The van der Waals surface area contributed by atoms with E-state index in [1.165, 1.54) is 5.56 Å². The summed E-state index contributed by atoms with van der Waals surface area (Å²) in [7, 11) is -1.42. The summed E-state index contributed by atoms with van der Waals surface area (Å²) < 4.78 is 31.9. The molecule has 4 nitrogen and oxygen atoms in total. The Balaban J connectivity index is 1.65. The lowest BCUT2D eigenvalue weighted by Crippen LogP contribution is -2.33. The lowest BCUT2D eigenvalue weighted by Gasteiger charge is -2.12. The quantitative estimate of drug-likeness (QED) is 0.751. The van der Waals surface area contributed by atoms with Gasteiger partial charge in [0, 0.05) is 6.54 Å². The topological polar surface area (TPSA) is 55.4 Å². The van der Waals surface area contributed by atoms with Gasteiger partial charge in [-0.25, -0.2) is 13.1 Å². The Morgan fingerprint density at radius 2 is 1.81 bits per heavy atom. The minimum absolute atomic E-state index is 0.154. The second kappa shape index (κ2) is 7.80. The summed E-state index contributed by atoms with van der Waals surface area (Å²) in [5, 5.41) is -0.154. The molecule has 0 spiro atoms. The molecule has 1 saturated carbocycles. The van der Waals surface area contributed by atoms with Crippen molar-refractivity contribution in [3.63, 3.8) is 0 Å². The molecule has 5 heteroatoms. The Hall–Kier alpha value is -1.07. The average Bonchev–Trinajstić information content (AvgIpc) is 3.02. The van der Waals surface area contributed by atoms with E-state index in [0.29, 0.717) is 6.54 Å². The molecular weight excluding hydrogens is 286 g/mol. The van der Waals surface area contributed by atoms with E-state index >= 15 is 0 Å². The van der Waals surface area contributed by atoms with Crippen LogP contribution in [0.5, 0.6) is 5.75 Å². The first-order chi connectivity index (χ1) is 10.1. The van der Waals surface area contributed by atoms with Crippen molar-refractivity contribution in [2.75, 3.05) is 13.7 Å². The van der Waals surface area contributed by atoms with Crippen molar-refractivity contribution in [1.82, 2.24) is 4.72 Å². The maximum atomic E-state index is 12.0. The van der Waals surface area contributed by atoms with Crippen LogP contribution in [0.4, 0.5) is 0 Å². The highest BCUT2D eigenvalue weighted by atomic mass is 32.2. The van der Waals surface area contributed by atoms with Crippen molar-refractivity contribution >= 4 is 10.0 Å². The molecule has 1 aliphatic carbocycles. The number of ether oxygens (including phenoxy) is 1. The molecule has 1 aliphatic rings. The van der Waals surface area contributed by atoms with Crippen molar-refractivity contribution in [1.29, 1.82) is 0 Å². The fraction of sp³-hybridized carbons (Fsp3) is 0.625. The molecule has 0 heterocycles. The molecule has 1 aromatic carbocycles. The van der Waals surface area contributed by atoms with Crippen LogP contribution in [-0.4, -0.2) is 27.3 Å². The number of hydrogen-bond donors (Lipinski definition) is 1. The lowest BCUT2D eigenvalue weighted by atomic mass is 10.1. The number of aryl methyl sites for hydroxylation is 1. The van der Waals surface area contributed by atoms with Crippen LogP contribution in [0.3, 0.4) is 0 Å². The third-order valence-corrected chi connectivity index (χ3v) is 6.05. The monoisotopic (exact) mass is 311 g/mol. The Kier molecular flexibility index (Phi) is 6.06. The average molecular weight is 311 g/mol. The number of unbranched alkanes of at least 4 members (excludes halogenated alkanes) is 1. The number of benzene rings is 1. The van der Waals surface area contributed by atoms with Crippen LogP contribution in [0.15, 0.2) is 24.3 Å².